The Morgan fingerprint density at radius 2 is 2.07 bits per heavy atom. The highest BCUT2D eigenvalue weighted by Crippen LogP contribution is 2.35. The minimum absolute atomic E-state index is 0.0601. The van der Waals surface area contributed by atoms with E-state index >= 15 is 0 Å². The lowest BCUT2D eigenvalue weighted by molar-refractivity contribution is -0.117. The number of alkyl carbamates (subject to hydrolysis) is 1. The van der Waals surface area contributed by atoms with Gasteiger partial charge in [0.25, 0.3) is 0 Å². The Kier molecular flexibility index (Phi) is 5.14. The summed E-state index contributed by atoms with van der Waals surface area (Å²) in [6.07, 6.45) is -0.121. The number of anilines is 1. The number of hydrogen-bond acceptors (Lipinski definition) is 5. The molecule has 8 nitrogen and oxygen atoms in total. The van der Waals surface area contributed by atoms with Crippen molar-refractivity contribution in [2.24, 2.45) is 0 Å². The number of amides is 2. The third-order valence-corrected chi connectivity index (χ3v) is 4.55. The van der Waals surface area contributed by atoms with Gasteiger partial charge < -0.3 is 15.0 Å². The Hall–Kier alpha value is -2.90. The summed E-state index contributed by atoms with van der Waals surface area (Å²) in [4.78, 5) is 30.4. The zero-order valence-electron chi connectivity index (χ0n) is 17.2. The third-order valence-electron chi connectivity index (χ3n) is 4.55. The summed E-state index contributed by atoms with van der Waals surface area (Å²) in [5, 5.41) is 7.30. The highest BCUT2D eigenvalue weighted by atomic mass is 16.6. The molecule has 1 unspecified atom stereocenters. The smallest absolute Gasteiger partial charge is 0.407 e. The fourth-order valence-corrected chi connectivity index (χ4v) is 3.24. The summed E-state index contributed by atoms with van der Waals surface area (Å²) in [5.74, 6) is 1.38. The molecule has 0 radical (unpaired) electrons. The average molecular weight is 385 g/mol. The van der Waals surface area contributed by atoms with Gasteiger partial charge in [0.2, 0.25) is 5.91 Å². The van der Waals surface area contributed by atoms with E-state index in [1.165, 1.54) is 0 Å². The molecule has 1 aliphatic heterocycles. The molecule has 1 aliphatic rings. The first-order chi connectivity index (χ1) is 13.1. The first-order valence-corrected chi connectivity index (χ1v) is 9.35. The molecule has 0 aliphatic carbocycles. The van der Waals surface area contributed by atoms with E-state index in [2.05, 4.69) is 15.4 Å². The van der Waals surface area contributed by atoms with Gasteiger partial charge in [-0.2, -0.15) is 5.10 Å². The van der Waals surface area contributed by atoms with Gasteiger partial charge in [-0.25, -0.2) is 14.5 Å². The van der Waals surface area contributed by atoms with E-state index in [0.29, 0.717) is 24.6 Å². The van der Waals surface area contributed by atoms with Gasteiger partial charge >= 0.3 is 6.09 Å². The second-order valence-electron chi connectivity index (χ2n) is 8.09. The highest BCUT2D eigenvalue weighted by molar-refractivity contribution is 6.03. The van der Waals surface area contributed by atoms with Gasteiger partial charge in [-0.05, 0) is 46.2 Å². The number of ether oxygens (including phenoxy) is 1. The van der Waals surface area contributed by atoms with Crippen molar-refractivity contribution in [3.63, 3.8) is 0 Å². The zero-order valence-corrected chi connectivity index (χ0v) is 17.2. The van der Waals surface area contributed by atoms with E-state index in [1.807, 2.05) is 52.8 Å². The van der Waals surface area contributed by atoms with Crippen LogP contribution in [0.5, 0.6) is 0 Å². The molecule has 0 saturated carbocycles. The molecule has 28 heavy (non-hydrogen) atoms. The molecule has 2 heterocycles. The van der Waals surface area contributed by atoms with Crippen molar-refractivity contribution in [1.82, 2.24) is 20.1 Å². The van der Waals surface area contributed by atoms with Crippen LogP contribution in [0, 0.1) is 6.92 Å². The van der Waals surface area contributed by atoms with Crippen molar-refractivity contribution in [2.45, 2.75) is 52.7 Å². The minimum Gasteiger partial charge on any atom is -0.444 e. The van der Waals surface area contributed by atoms with E-state index in [1.54, 1.807) is 16.6 Å². The van der Waals surface area contributed by atoms with Crippen molar-refractivity contribution in [1.29, 1.82) is 0 Å². The predicted octanol–water partition coefficient (Wildman–Crippen LogP) is 2.86. The summed E-state index contributed by atoms with van der Waals surface area (Å²) >= 11 is 0. The number of likely N-dealkylation sites (N-methyl/N-ethyl adjacent to an activating group) is 1. The van der Waals surface area contributed by atoms with Crippen LogP contribution >= 0.6 is 0 Å². The summed E-state index contributed by atoms with van der Waals surface area (Å²) in [6.45, 7) is 9.60. The van der Waals surface area contributed by atoms with Crippen molar-refractivity contribution in [2.75, 3.05) is 18.5 Å². The van der Waals surface area contributed by atoms with E-state index in [9.17, 15) is 9.59 Å². The Morgan fingerprint density at radius 1 is 1.36 bits per heavy atom. The standard InChI is InChI=1S/C20H27N5O3/c1-12(11-21-19(27)28-20(3,4)5)25-18(22-13(2)23-25)14-8-7-9-16-15(14)10-17(26)24(16)6/h7-9,12H,10-11H2,1-6H3,(H,21,27). The maximum Gasteiger partial charge on any atom is 0.407 e. The molecule has 0 fully saturated rings. The Bertz CT molecular complexity index is 913. The average Bonchev–Trinajstić information content (AvgIpc) is 3.12. The molecule has 2 aromatic rings. The number of aryl methyl sites for hydroxylation is 1. The quantitative estimate of drug-likeness (QED) is 0.874. The van der Waals surface area contributed by atoms with Gasteiger partial charge in [-0.1, -0.05) is 12.1 Å². The number of benzene rings is 1. The number of carbonyl (C=O) groups is 2. The lowest BCUT2D eigenvalue weighted by Gasteiger charge is -2.21. The lowest BCUT2D eigenvalue weighted by Crippen LogP contribution is -2.35. The Morgan fingerprint density at radius 3 is 2.75 bits per heavy atom. The van der Waals surface area contributed by atoms with E-state index < -0.39 is 11.7 Å². The van der Waals surface area contributed by atoms with Crippen LogP contribution in [0.3, 0.4) is 0 Å². The lowest BCUT2D eigenvalue weighted by atomic mass is 10.0. The number of aromatic nitrogens is 3. The number of fused-ring (bicyclic) bond motifs is 1. The van der Waals surface area contributed by atoms with Crippen LogP contribution in [-0.2, 0) is 16.0 Å². The molecule has 8 heteroatoms. The Balaban J connectivity index is 1.85. The number of carbonyl (C=O) groups excluding carboxylic acids is 2. The predicted molar refractivity (Wildman–Crippen MR) is 106 cm³/mol. The molecule has 1 N–H and O–H groups in total. The van der Waals surface area contributed by atoms with Crippen molar-refractivity contribution < 1.29 is 14.3 Å². The third kappa shape index (κ3) is 4.00. The van der Waals surface area contributed by atoms with Crippen LogP contribution in [0.2, 0.25) is 0 Å². The molecule has 0 spiro atoms. The molecule has 1 aromatic carbocycles. The number of hydrogen-bond donors (Lipinski definition) is 1. The number of nitrogens with one attached hydrogen (secondary N) is 1. The molecule has 1 aromatic heterocycles. The zero-order chi connectivity index (χ0) is 20.6. The molecule has 2 amide bonds. The summed E-state index contributed by atoms with van der Waals surface area (Å²) < 4.78 is 7.09. The van der Waals surface area contributed by atoms with Gasteiger partial charge in [0.1, 0.15) is 11.4 Å². The van der Waals surface area contributed by atoms with Crippen LogP contribution in [0.4, 0.5) is 10.5 Å². The van der Waals surface area contributed by atoms with Crippen LogP contribution in [0.25, 0.3) is 11.4 Å². The maximum atomic E-state index is 12.2. The first kappa shape index (κ1) is 19.9. The minimum atomic E-state index is -0.550. The van der Waals surface area contributed by atoms with Crippen molar-refractivity contribution in [3.8, 4) is 11.4 Å². The maximum absolute atomic E-state index is 12.2. The van der Waals surface area contributed by atoms with Gasteiger partial charge in [-0.15, -0.1) is 0 Å². The Labute approximate surface area is 164 Å². The van der Waals surface area contributed by atoms with Gasteiger partial charge in [0, 0.05) is 24.8 Å². The molecule has 0 bridgehead atoms. The van der Waals surface area contributed by atoms with Gasteiger partial charge in [0.05, 0.1) is 12.5 Å². The monoisotopic (exact) mass is 385 g/mol. The molecular weight excluding hydrogens is 358 g/mol. The molecule has 0 saturated heterocycles. The van der Waals surface area contributed by atoms with E-state index in [-0.39, 0.29) is 11.9 Å². The fraction of sp³-hybridized carbons (Fsp3) is 0.500. The van der Waals surface area contributed by atoms with Crippen LogP contribution in [0.1, 0.15) is 45.1 Å². The second kappa shape index (κ2) is 7.26. The highest BCUT2D eigenvalue weighted by Gasteiger charge is 2.29. The largest absolute Gasteiger partial charge is 0.444 e. The molecular formula is C20H27N5O3. The fourth-order valence-electron chi connectivity index (χ4n) is 3.24. The van der Waals surface area contributed by atoms with Crippen LogP contribution in [-0.4, -0.2) is 46.0 Å². The second-order valence-corrected chi connectivity index (χ2v) is 8.09. The summed E-state index contributed by atoms with van der Waals surface area (Å²) in [6, 6.07) is 5.67. The van der Waals surface area contributed by atoms with Crippen molar-refractivity contribution in [3.05, 3.63) is 29.6 Å². The van der Waals surface area contributed by atoms with E-state index in [0.717, 1.165) is 16.8 Å². The van der Waals surface area contributed by atoms with Gasteiger partial charge in [-0.3, -0.25) is 4.79 Å². The molecule has 150 valence electrons. The van der Waals surface area contributed by atoms with E-state index in [4.69, 9.17) is 4.74 Å². The number of rotatable bonds is 4. The SMILES string of the molecule is Cc1nc(-c2cccc3c2CC(=O)N3C)n(C(C)CNC(=O)OC(C)(C)C)n1. The van der Waals surface area contributed by atoms with Crippen LogP contribution < -0.4 is 10.2 Å². The van der Waals surface area contributed by atoms with Crippen LogP contribution in [0.15, 0.2) is 18.2 Å². The van der Waals surface area contributed by atoms with Crippen molar-refractivity contribution >= 4 is 17.7 Å². The molecule has 1 atom stereocenters. The number of nitrogens with zero attached hydrogens (tertiary/aromatic N) is 4. The van der Waals surface area contributed by atoms with Gasteiger partial charge in [0.15, 0.2) is 5.82 Å². The summed E-state index contributed by atoms with van der Waals surface area (Å²) in [7, 11) is 1.78. The normalized spacial score (nSPS) is 14.8. The summed E-state index contributed by atoms with van der Waals surface area (Å²) in [5.41, 5.74) is 2.19. The molecule has 3 rings (SSSR count). The first-order valence-electron chi connectivity index (χ1n) is 9.35. The topological polar surface area (TPSA) is 89.4 Å².